The van der Waals surface area contributed by atoms with E-state index in [4.69, 9.17) is 9.47 Å². The largest absolute Gasteiger partial charge is 0.494 e. The van der Waals surface area contributed by atoms with Crippen molar-refractivity contribution >= 4 is 5.91 Å². The Morgan fingerprint density at radius 2 is 2.20 bits per heavy atom. The Kier molecular flexibility index (Phi) is 4.70. The first-order chi connectivity index (χ1) is 11.9. The van der Waals surface area contributed by atoms with E-state index in [0.717, 1.165) is 40.4 Å². The van der Waals surface area contributed by atoms with Crippen LogP contribution < -0.4 is 14.8 Å². The lowest BCUT2D eigenvalue weighted by molar-refractivity contribution is 0.0949. The molecule has 1 aliphatic rings. The van der Waals surface area contributed by atoms with Gasteiger partial charge in [-0.1, -0.05) is 0 Å². The molecule has 1 aliphatic heterocycles. The van der Waals surface area contributed by atoms with Gasteiger partial charge in [-0.2, -0.15) is 5.10 Å². The summed E-state index contributed by atoms with van der Waals surface area (Å²) in [5.41, 5.74) is 4.29. The molecule has 0 radical (unpaired) electrons. The molecule has 25 heavy (non-hydrogen) atoms. The summed E-state index contributed by atoms with van der Waals surface area (Å²) in [7, 11) is 1.84. The topological polar surface area (TPSA) is 65.4 Å². The number of aryl methyl sites for hydroxylation is 2. The number of hydrogen-bond donors (Lipinski definition) is 1. The number of carbonyl (C=O) groups excluding carboxylic acids is 1. The zero-order valence-electron chi connectivity index (χ0n) is 15.5. The lowest BCUT2D eigenvalue weighted by Crippen LogP contribution is -2.24. The van der Waals surface area contributed by atoms with Crippen molar-refractivity contribution in [3.63, 3.8) is 0 Å². The summed E-state index contributed by atoms with van der Waals surface area (Å²) in [6, 6.07) is 4.01. The standard InChI is InChI=1S/C19H25N3O3/c1-6-24-16-8-14-7-11(2)25-17(14)9-15(16)10-20-19(23)18-12(3)21-22(5)13(18)4/h8-9,11H,6-7,10H2,1-5H3,(H,20,23)/t11-/m0/s1. The average molecular weight is 343 g/mol. The second-order valence-electron chi connectivity index (χ2n) is 6.49. The Hall–Kier alpha value is -2.50. The number of ether oxygens (including phenoxy) is 2. The van der Waals surface area contributed by atoms with Crippen molar-refractivity contribution in [3.8, 4) is 11.5 Å². The monoisotopic (exact) mass is 343 g/mol. The summed E-state index contributed by atoms with van der Waals surface area (Å²) in [6.07, 6.45) is 1.06. The summed E-state index contributed by atoms with van der Waals surface area (Å²) in [5.74, 6) is 1.56. The van der Waals surface area contributed by atoms with E-state index in [1.54, 1.807) is 4.68 Å². The Balaban J connectivity index is 1.80. The SMILES string of the molecule is CCOc1cc2c(cc1CNC(=O)c1c(C)nn(C)c1C)O[C@@H](C)C2. The van der Waals surface area contributed by atoms with Crippen LogP contribution in [-0.2, 0) is 20.0 Å². The highest BCUT2D eigenvalue weighted by Gasteiger charge is 2.23. The maximum atomic E-state index is 12.6. The van der Waals surface area contributed by atoms with Crippen LogP contribution in [0.25, 0.3) is 0 Å². The lowest BCUT2D eigenvalue weighted by atomic mass is 10.1. The van der Waals surface area contributed by atoms with Crippen LogP contribution >= 0.6 is 0 Å². The molecule has 0 unspecified atom stereocenters. The third kappa shape index (κ3) is 3.34. The predicted octanol–water partition coefficient (Wildman–Crippen LogP) is 2.69. The van der Waals surface area contributed by atoms with Gasteiger partial charge in [0.05, 0.1) is 17.9 Å². The zero-order chi connectivity index (χ0) is 18.1. The maximum absolute atomic E-state index is 12.6. The van der Waals surface area contributed by atoms with Crippen molar-refractivity contribution in [1.82, 2.24) is 15.1 Å². The first-order valence-electron chi connectivity index (χ1n) is 8.64. The van der Waals surface area contributed by atoms with Gasteiger partial charge in [-0.3, -0.25) is 9.48 Å². The van der Waals surface area contributed by atoms with Crippen LogP contribution in [0.3, 0.4) is 0 Å². The van der Waals surface area contributed by atoms with E-state index in [1.165, 1.54) is 0 Å². The fourth-order valence-corrected chi connectivity index (χ4v) is 3.28. The zero-order valence-corrected chi connectivity index (χ0v) is 15.5. The highest BCUT2D eigenvalue weighted by molar-refractivity contribution is 5.96. The first-order valence-corrected chi connectivity index (χ1v) is 8.64. The van der Waals surface area contributed by atoms with Gasteiger partial charge in [0.2, 0.25) is 0 Å². The van der Waals surface area contributed by atoms with Gasteiger partial charge >= 0.3 is 0 Å². The van der Waals surface area contributed by atoms with Gasteiger partial charge in [-0.05, 0) is 39.8 Å². The molecule has 134 valence electrons. The van der Waals surface area contributed by atoms with Crippen molar-refractivity contribution in [2.75, 3.05) is 6.61 Å². The minimum Gasteiger partial charge on any atom is -0.494 e. The molecule has 0 spiro atoms. The summed E-state index contributed by atoms with van der Waals surface area (Å²) >= 11 is 0. The molecule has 1 N–H and O–H groups in total. The number of nitrogens with zero attached hydrogens (tertiary/aromatic N) is 2. The summed E-state index contributed by atoms with van der Waals surface area (Å²) in [6.45, 7) is 8.71. The number of fused-ring (bicyclic) bond motifs is 1. The number of benzene rings is 1. The molecule has 6 nitrogen and oxygen atoms in total. The van der Waals surface area contributed by atoms with Crippen LogP contribution in [0.4, 0.5) is 0 Å². The molecule has 1 atom stereocenters. The minimum atomic E-state index is -0.125. The van der Waals surface area contributed by atoms with Crippen LogP contribution in [0.1, 0.15) is 46.7 Å². The van der Waals surface area contributed by atoms with Crippen molar-refractivity contribution < 1.29 is 14.3 Å². The van der Waals surface area contributed by atoms with Crippen LogP contribution in [0, 0.1) is 13.8 Å². The van der Waals surface area contributed by atoms with Gasteiger partial charge in [0.25, 0.3) is 5.91 Å². The molecule has 0 saturated carbocycles. The van der Waals surface area contributed by atoms with E-state index in [2.05, 4.69) is 17.3 Å². The number of amides is 1. The molecule has 0 fully saturated rings. The third-order valence-corrected chi connectivity index (χ3v) is 4.55. The molecule has 0 saturated heterocycles. The lowest BCUT2D eigenvalue weighted by Gasteiger charge is -2.13. The van der Waals surface area contributed by atoms with Crippen molar-refractivity contribution in [3.05, 3.63) is 40.2 Å². The summed E-state index contributed by atoms with van der Waals surface area (Å²) < 4.78 is 13.3. The molecular weight excluding hydrogens is 318 g/mol. The molecule has 0 bridgehead atoms. The van der Waals surface area contributed by atoms with Gasteiger partial charge in [0.15, 0.2) is 0 Å². The van der Waals surface area contributed by atoms with E-state index in [0.29, 0.717) is 18.7 Å². The van der Waals surface area contributed by atoms with E-state index < -0.39 is 0 Å². The third-order valence-electron chi connectivity index (χ3n) is 4.55. The van der Waals surface area contributed by atoms with Crippen LogP contribution in [0.15, 0.2) is 12.1 Å². The second-order valence-corrected chi connectivity index (χ2v) is 6.49. The van der Waals surface area contributed by atoms with Crippen molar-refractivity contribution in [1.29, 1.82) is 0 Å². The highest BCUT2D eigenvalue weighted by Crippen LogP contribution is 2.35. The van der Waals surface area contributed by atoms with Gasteiger partial charge in [-0.25, -0.2) is 0 Å². The Morgan fingerprint density at radius 3 is 2.84 bits per heavy atom. The van der Waals surface area contributed by atoms with Crippen molar-refractivity contribution in [2.24, 2.45) is 7.05 Å². The Labute approximate surface area is 148 Å². The molecule has 6 heteroatoms. The minimum absolute atomic E-state index is 0.125. The van der Waals surface area contributed by atoms with Gasteiger partial charge < -0.3 is 14.8 Å². The van der Waals surface area contributed by atoms with Crippen LogP contribution in [0.5, 0.6) is 11.5 Å². The normalized spacial score (nSPS) is 15.6. The smallest absolute Gasteiger partial charge is 0.255 e. The molecule has 2 aromatic rings. The maximum Gasteiger partial charge on any atom is 0.255 e. The van der Waals surface area contributed by atoms with E-state index in [9.17, 15) is 4.79 Å². The van der Waals surface area contributed by atoms with Gasteiger partial charge in [-0.15, -0.1) is 0 Å². The summed E-state index contributed by atoms with van der Waals surface area (Å²) in [4.78, 5) is 12.6. The first kappa shape index (κ1) is 17.3. The summed E-state index contributed by atoms with van der Waals surface area (Å²) in [5, 5.41) is 7.28. The molecule has 0 aliphatic carbocycles. The van der Waals surface area contributed by atoms with E-state index in [-0.39, 0.29) is 12.0 Å². The van der Waals surface area contributed by atoms with Crippen LogP contribution in [-0.4, -0.2) is 28.4 Å². The number of nitrogens with one attached hydrogen (secondary N) is 1. The van der Waals surface area contributed by atoms with Crippen LogP contribution in [0.2, 0.25) is 0 Å². The Bertz CT molecular complexity index is 811. The van der Waals surface area contributed by atoms with E-state index >= 15 is 0 Å². The Morgan fingerprint density at radius 1 is 1.44 bits per heavy atom. The van der Waals surface area contributed by atoms with Gasteiger partial charge in [0.1, 0.15) is 17.6 Å². The number of rotatable bonds is 5. The average Bonchev–Trinajstić information content (AvgIpc) is 3.03. The molecule has 1 amide bonds. The quantitative estimate of drug-likeness (QED) is 0.906. The molecule has 3 rings (SSSR count). The highest BCUT2D eigenvalue weighted by atomic mass is 16.5. The molecule has 1 aromatic heterocycles. The second kappa shape index (κ2) is 6.78. The number of hydrogen-bond acceptors (Lipinski definition) is 4. The number of carbonyl (C=O) groups is 1. The fraction of sp³-hybridized carbons (Fsp3) is 0.474. The van der Waals surface area contributed by atoms with Gasteiger partial charge in [0, 0.05) is 36.8 Å². The fourth-order valence-electron chi connectivity index (χ4n) is 3.28. The predicted molar refractivity (Wildman–Crippen MR) is 95.3 cm³/mol. The molecular formula is C19H25N3O3. The van der Waals surface area contributed by atoms with Crippen molar-refractivity contribution in [2.45, 2.75) is 46.8 Å². The number of aromatic nitrogens is 2. The van der Waals surface area contributed by atoms with E-state index in [1.807, 2.05) is 40.0 Å². The molecule has 2 heterocycles. The molecule has 1 aromatic carbocycles.